The van der Waals surface area contributed by atoms with Gasteiger partial charge in [-0.1, -0.05) is 20.8 Å². The van der Waals surface area contributed by atoms with Crippen LogP contribution < -0.4 is 11.1 Å². The van der Waals surface area contributed by atoms with Crippen molar-refractivity contribution in [2.75, 3.05) is 26.2 Å². The molecule has 0 saturated carbocycles. The Labute approximate surface area is 148 Å². The second-order valence-electron chi connectivity index (χ2n) is 6.57. The first kappa shape index (κ1) is 24.2. The van der Waals surface area contributed by atoms with Gasteiger partial charge in [0.05, 0.1) is 5.41 Å². The summed E-state index contributed by atoms with van der Waals surface area (Å²) in [6.45, 7) is 12.2. The van der Waals surface area contributed by atoms with E-state index in [9.17, 15) is 4.79 Å². The normalized spacial score (nSPS) is 20.5. The number of hydrogen-bond donors (Lipinski definition) is 2. The molecule has 2 unspecified atom stereocenters. The Bertz CT molecular complexity index is 304. The average molecular weight is 356 g/mol. The molecule has 0 aliphatic carbocycles. The van der Waals surface area contributed by atoms with Crippen molar-refractivity contribution in [3.8, 4) is 0 Å². The van der Waals surface area contributed by atoms with Crippen LogP contribution in [0.4, 0.5) is 0 Å². The van der Waals surface area contributed by atoms with Crippen LogP contribution in [0.2, 0.25) is 0 Å². The second-order valence-corrected chi connectivity index (χ2v) is 6.57. The Morgan fingerprint density at radius 2 is 1.95 bits per heavy atom. The number of likely N-dealkylation sites (tertiary alicyclic amines) is 1. The smallest absolute Gasteiger partial charge is 0.227 e. The number of nitrogens with one attached hydrogen (secondary N) is 1. The number of hydrogen-bond acceptors (Lipinski definition) is 3. The quantitative estimate of drug-likeness (QED) is 0.738. The van der Waals surface area contributed by atoms with Crippen molar-refractivity contribution in [1.29, 1.82) is 0 Å². The van der Waals surface area contributed by atoms with E-state index in [0.29, 0.717) is 6.54 Å². The summed E-state index contributed by atoms with van der Waals surface area (Å²) in [5.74, 6) is 0.906. The summed E-state index contributed by atoms with van der Waals surface area (Å²) in [6, 6.07) is 0.192. The van der Waals surface area contributed by atoms with Gasteiger partial charge in [0.15, 0.2) is 0 Å². The van der Waals surface area contributed by atoms with Crippen molar-refractivity contribution in [2.45, 2.75) is 59.4 Å². The molecule has 1 aliphatic heterocycles. The number of carbonyl (C=O) groups is 1. The predicted molar refractivity (Wildman–Crippen MR) is 99.0 cm³/mol. The molecule has 1 fully saturated rings. The van der Waals surface area contributed by atoms with E-state index in [1.54, 1.807) is 0 Å². The van der Waals surface area contributed by atoms with Crippen LogP contribution in [-0.4, -0.2) is 43.0 Å². The van der Waals surface area contributed by atoms with Crippen molar-refractivity contribution in [3.63, 3.8) is 0 Å². The van der Waals surface area contributed by atoms with Crippen molar-refractivity contribution in [2.24, 2.45) is 17.1 Å². The largest absolute Gasteiger partial charge is 0.352 e. The van der Waals surface area contributed by atoms with Crippen LogP contribution in [0.3, 0.4) is 0 Å². The van der Waals surface area contributed by atoms with Crippen molar-refractivity contribution in [1.82, 2.24) is 10.2 Å². The molecule has 3 N–H and O–H groups in total. The maximum atomic E-state index is 12.5. The lowest BCUT2D eigenvalue weighted by atomic mass is 9.81. The number of rotatable bonds is 7. The van der Waals surface area contributed by atoms with Gasteiger partial charge in [-0.15, -0.1) is 24.8 Å². The minimum Gasteiger partial charge on any atom is -0.352 e. The molecular formula is C16H35Cl2N3O. The molecule has 1 saturated heterocycles. The molecule has 6 heteroatoms. The molecule has 134 valence electrons. The SMILES string of the molecule is CCC(CC)(CN)C(=O)NC(C)CN1CCCC(C)C1.Cl.Cl. The number of piperidine rings is 1. The molecule has 0 bridgehead atoms. The molecule has 0 aromatic carbocycles. The average Bonchev–Trinajstić information content (AvgIpc) is 2.41. The van der Waals surface area contributed by atoms with Crippen LogP contribution in [0.25, 0.3) is 0 Å². The van der Waals surface area contributed by atoms with E-state index in [-0.39, 0.29) is 42.2 Å². The monoisotopic (exact) mass is 355 g/mol. The molecule has 0 aromatic rings. The van der Waals surface area contributed by atoms with E-state index in [2.05, 4.69) is 24.1 Å². The van der Waals surface area contributed by atoms with Gasteiger partial charge in [0, 0.05) is 25.7 Å². The fraction of sp³-hybridized carbons (Fsp3) is 0.938. The third-order valence-electron chi connectivity index (χ3n) is 4.88. The van der Waals surface area contributed by atoms with E-state index >= 15 is 0 Å². The number of nitrogens with zero attached hydrogens (tertiary/aromatic N) is 1. The molecule has 1 amide bonds. The minimum atomic E-state index is -0.385. The van der Waals surface area contributed by atoms with Gasteiger partial charge in [-0.2, -0.15) is 0 Å². The van der Waals surface area contributed by atoms with Crippen LogP contribution >= 0.6 is 24.8 Å². The van der Waals surface area contributed by atoms with Gasteiger partial charge < -0.3 is 16.0 Å². The zero-order chi connectivity index (χ0) is 15.2. The summed E-state index contributed by atoms with van der Waals surface area (Å²) in [6.07, 6.45) is 4.22. The number of carbonyl (C=O) groups excluding carboxylic acids is 1. The predicted octanol–water partition coefficient (Wildman–Crippen LogP) is 2.83. The molecule has 1 aliphatic rings. The molecule has 0 spiro atoms. The highest BCUT2D eigenvalue weighted by atomic mass is 35.5. The summed E-state index contributed by atoms with van der Waals surface area (Å²) >= 11 is 0. The first-order valence-electron chi connectivity index (χ1n) is 8.20. The van der Waals surface area contributed by atoms with Crippen molar-refractivity contribution < 1.29 is 4.79 Å². The Morgan fingerprint density at radius 3 is 2.41 bits per heavy atom. The van der Waals surface area contributed by atoms with Gasteiger partial charge in [0.2, 0.25) is 5.91 Å². The molecule has 4 nitrogen and oxygen atoms in total. The lowest BCUT2D eigenvalue weighted by Crippen LogP contribution is -2.51. The van der Waals surface area contributed by atoms with Gasteiger partial charge >= 0.3 is 0 Å². The highest BCUT2D eigenvalue weighted by Crippen LogP contribution is 2.25. The number of nitrogens with two attached hydrogens (primary N) is 1. The zero-order valence-corrected chi connectivity index (χ0v) is 16.2. The highest BCUT2D eigenvalue weighted by molar-refractivity contribution is 5.85. The van der Waals surface area contributed by atoms with E-state index in [4.69, 9.17) is 5.73 Å². The third-order valence-corrected chi connectivity index (χ3v) is 4.88. The fourth-order valence-corrected chi connectivity index (χ4v) is 3.21. The molecule has 1 heterocycles. The Balaban J connectivity index is 0. The summed E-state index contributed by atoms with van der Waals surface area (Å²) in [7, 11) is 0. The molecule has 1 rings (SSSR count). The first-order valence-corrected chi connectivity index (χ1v) is 8.20. The summed E-state index contributed by atoms with van der Waals surface area (Å²) in [4.78, 5) is 14.9. The molecule has 22 heavy (non-hydrogen) atoms. The standard InChI is InChI=1S/C16H33N3O.2ClH/c1-5-16(6-2,12-17)15(20)18-14(4)11-19-9-7-8-13(3)10-19;;/h13-14H,5-12,17H2,1-4H3,(H,18,20);2*1H. The van der Waals surface area contributed by atoms with Gasteiger partial charge in [-0.25, -0.2) is 0 Å². The topological polar surface area (TPSA) is 58.4 Å². The summed E-state index contributed by atoms with van der Waals surface area (Å²) in [5, 5.41) is 3.18. The van der Waals surface area contributed by atoms with E-state index in [1.807, 2.05) is 13.8 Å². The van der Waals surface area contributed by atoms with Crippen molar-refractivity contribution in [3.05, 3.63) is 0 Å². The minimum absolute atomic E-state index is 0. The van der Waals surface area contributed by atoms with Gasteiger partial charge in [-0.05, 0) is 45.1 Å². The number of amides is 1. The first-order chi connectivity index (χ1) is 9.47. The van der Waals surface area contributed by atoms with E-state index < -0.39 is 0 Å². The summed E-state index contributed by atoms with van der Waals surface area (Å²) in [5.41, 5.74) is 5.45. The van der Waals surface area contributed by atoms with Crippen LogP contribution in [0, 0.1) is 11.3 Å². The van der Waals surface area contributed by atoms with Crippen LogP contribution in [0.1, 0.15) is 53.4 Å². The Kier molecular flexibility index (Phi) is 12.7. The second kappa shape index (κ2) is 11.5. The van der Waals surface area contributed by atoms with Crippen LogP contribution in [0.5, 0.6) is 0 Å². The van der Waals surface area contributed by atoms with Gasteiger partial charge in [0.1, 0.15) is 0 Å². The van der Waals surface area contributed by atoms with Crippen LogP contribution in [-0.2, 0) is 4.79 Å². The highest BCUT2D eigenvalue weighted by Gasteiger charge is 2.34. The molecule has 0 radical (unpaired) electrons. The fourth-order valence-electron chi connectivity index (χ4n) is 3.21. The zero-order valence-electron chi connectivity index (χ0n) is 14.6. The van der Waals surface area contributed by atoms with E-state index in [0.717, 1.165) is 38.4 Å². The Morgan fingerprint density at radius 1 is 1.36 bits per heavy atom. The maximum Gasteiger partial charge on any atom is 0.227 e. The molecule has 2 atom stereocenters. The molecule has 0 aromatic heterocycles. The maximum absolute atomic E-state index is 12.5. The van der Waals surface area contributed by atoms with E-state index in [1.165, 1.54) is 12.8 Å². The lowest BCUT2D eigenvalue weighted by molar-refractivity contribution is -0.131. The number of halogens is 2. The third kappa shape index (κ3) is 6.61. The summed E-state index contributed by atoms with van der Waals surface area (Å²) < 4.78 is 0. The van der Waals surface area contributed by atoms with Crippen molar-refractivity contribution >= 4 is 30.7 Å². The molecular weight excluding hydrogens is 321 g/mol. The lowest BCUT2D eigenvalue weighted by Gasteiger charge is -2.35. The van der Waals surface area contributed by atoms with Gasteiger partial charge in [-0.3, -0.25) is 4.79 Å². The van der Waals surface area contributed by atoms with Gasteiger partial charge in [0.25, 0.3) is 0 Å². The Hall–Kier alpha value is -0.0300. The van der Waals surface area contributed by atoms with Crippen LogP contribution in [0.15, 0.2) is 0 Å².